The van der Waals surface area contributed by atoms with Gasteiger partial charge in [-0.25, -0.2) is 0 Å². The van der Waals surface area contributed by atoms with Crippen molar-refractivity contribution in [2.24, 2.45) is 11.8 Å². The molecule has 0 aromatic carbocycles. The van der Waals surface area contributed by atoms with E-state index in [1.54, 1.807) is 0 Å². The normalized spacial score (nSPS) is 24.1. The second-order valence-corrected chi connectivity index (χ2v) is 9.83. The second-order valence-electron chi connectivity index (χ2n) is 9.83. The molecule has 0 radical (unpaired) electrons. The number of hydrogen-bond acceptors (Lipinski definition) is 1. The molecule has 1 N–H and O–H groups in total. The van der Waals surface area contributed by atoms with E-state index in [1.807, 2.05) is 0 Å². The zero-order valence-electron chi connectivity index (χ0n) is 18.8. The van der Waals surface area contributed by atoms with Gasteiger partial charge in [0, 0.05) is 12.5 Å². The molecule has 28 heavy (non-hydrogen) atoms. The molecule has 2 aliphatic carbocycles. The van der Waals surface area contributed by atoms with Crippen molar-refractivity contribution in [1.82, 2.24) is 5.32 Å². The van der Waals surface area contributed by atoms with Gasteiger partial charge >= 0.3 is 0 Å². The summed E-state index contributed by atoms with van der Waals surface area (Å²) in [6.45, 7) is 0.940. The van der Waals surface area contributed by atoms with Crippen LogP contribution in [0.4, 0.5) is 0 Å². The Hall–Kier alpha value is -0.530. The van der Waals surface area contributed by atoms with Crippen molar-refractivity contribution >= 4 is 5.91 Å². The van der Waals surface area contributed by atoms with E-state index in [1.165, 1.54) is 128 Å². The van der Waals surface area contributed by atoms with Crippen molar-refractivity contribution in [2.75, 3.05) is 6.54 Å². The van der Waals surface area contributed by atoms with Crippen molar-refractivity contribution in [3.63, 3.8) is 0 Å². The molecule has 2 aliphatic rings. The number of carbonyl (C=O) groups excluding carboxylic acids is 1. The molecule has 164 valence electrons. The van der Waals surface area contributed by atoms with Crippen LogP contribution in [-0.2, 0) is 4.79 Å². The van der Waals surface area contributed by atoms with Crippen LogP contribution in [0, 0.1) is 11.8 Å². The fraction of sp³-hybridized carbons (Fsp3) is 0.962. The number of rotatable bonds is 3. The quantitative estimate of drug-likeness (QED) is 0.519. The minimum Gasteiger partial charge on any atom is -0.356 e. The molecule has 2 rings (SSSR count). The molecule has 2 heteroatoms. The van der Waals surface area contributed by atoms with Gasteiger partial charge in [-0.05, 0) is 31.6 Å². The van der Waals surface area contributed by atoms with E-state index in [0.717, 1.165) is 25.3 Å². The Balaban J connectivity index is 1.73. The zero-order chi connectivity index (χ0) is 19.7. The lowest BCUT2D eigenvalue weighted by Crippen LogP contribution is -2.34. The molecule has 0 saturated heterocycles. The average molecular weight is 392 g/mol. The molecule has 0 unspecified atom stereocenters. The molecule has 2 fully saturated rings. The van der Waals surface area contributed by atoms with Crippen LogP contribution in [0.15, 0.2) is 0 Å². The molecule has 0 heterocycles. The summed E-state index contributed by atoms with van der Waals surface area (Å²) < 4.78 is 0. The predicted molar refractivity (Wildman–Crippen MR) is 122 cm³/mol. The molecule has 0 bridgehead atoms. The molecule has 0 atom stereocenters. The third-order valence-corrected chi connectivity index (χ3v) is 7.27. The molecular weight excluding hydrogens is 342 g/mol. The van der Waals surface area contributed by atoms with Gasteiger partial charge in [-0.15, -0.1) is 0 Å². The Labute approximate surface area is 176 Å². The maximum absolute atomic E-state index is 12.9. The smallest absolute Gasteiger partial charge is 0.223 e. The predicted octanol–water partition coefficient (Wildman–Crippen LogP) is 7.94. The largest absolute Gasteiger partial charge is 0.356 e. The first kappa shape index (κ1) is 23.7. The fourth-order valence-corrected chi connectivity index (χ4v) is 5.27. The Morgan fingerprint density at radius 3 is 1.21 bits per heavy atom. The third-order valence-electron chi connectivity index (χ3n) is 7.27. The summed E-state index contributed by atoms with van der Waals surface area (Å²) in [4.78, 5) is 12.9. The van der Waals surface area contributed by atoms with E-state index >= 15 is 0 Å². The molecule has 1 amide bonds. The highest BCUT2D eigenvalue weighted by Gasteiger charge is 2.19. The van der Waals surface area contributed by atoms with Gasteiger partial charge in [-0.3, -0.25) is 4.79 Å². The first-order chi connectivity index (χ1) is 13.9. The van der Waals surface area contributed by atoms with Crippen molar-refractivity contribution < 1.29 is 4.79 Å². The van der Waals surface area contributed by atoms with Crippen LogP contribution in [0.5, 0.6) is 0 Å². The maximum atomic E-state index is 12.9. The Bertz CT molecular complexity index is 357. The van der Waals surface area contributed by atoms with Crippen LogP contribution in [0.25, 0.3) is 0 Å². The van der Waals surface area contributed by atoms with Crippen LogP contribution < -0.4 is 5.32 Å². The molecule has 0 aromatic heterocycles. The molecule has 2 saturated carbocycles. The minimum atomic E-state index is 0.283. The van der Waals surface area contributed by atoms with Gasteiger partial charge in [0.25, 0.3) is 0 Å². The molecular formula is C26H49NO. The summed E-state index contributed by atoms with van der Waals surface area (Å²) in [5, 5.41) is 3.41. The van der Waals surface area contributed by atoms with Crippen LogP contribution in [0.2, 0.25) is 0 Å². The van der Waals surface area contributed by atoms with Crippen molar-refractivity contribution in [3.8, 4) is 0 Å². The molecule has 0 aromatic rings. The van der Waals surface area contributed by atoms with Gasteiger partial charge in [0.2, 0.25) is 5.91 Å². The third kappa shape index (κ3) is 11.5. The van der Waals surface area contributed by atoms with Gasteiger partial charge in [0.15, 0.2) is 0 Å². The monoisotopic (exact) mass is 391 g/mol. The summed E-state index contributed by atoms with van der Waals surface area (Å²) in [5.41, 5.74) is 0. The van der Waals surface area contributed by atoms with Gasteiger partial charge in [-0.1, -0.05) is 116 Å². The highest BCUT2D eigenvalue weighted by atomic mass is 16.1. The number of nitrogens with one attached hydrogen (secondary N) is 1. The Morgan fingerprint density at radius 2 is 0.821 bits per heavy atom. The molecule has 0 spiro atoms. The summed E-state index contributed by atoms with van der Waals surface area (Å²) in [6, 6.07) is 0. The van der Waals surface area contributed by atoms with Gasteiger partial charge in [0.05, 0.1) is 0 Å². The van der Waals surface area contributed by atoms with Crippen LogP contribution >= 0.6 is 0 Å². The van der Waals surface area contributed by atoms with E-state index < -0.39 is 0 Å². The average Bonchev–Trinajstić information content (AvgIpc) is 2.68. The van der Waals surface area contributed by atoms with Crippen LogP contribution in [0.3, 0.4) is 0 Å². The lowest BCUT2D eigenvalue weighted by molar-refractivity contribution is -0.125. The summed E-state index contributed by atoms with van der Waals surface area (Å²) in [6.07, 6.45) is 29.7. The fourth-order valence-electron chi connectivity index (χ4n) is 5.27. The number of carbonyl (C=O) groups is 1. The lowest BCUT2D eigenvalue weighted by Gasteiger charge is -2.22. The van der Waals surface area contributed by atoms with Crippen molar-refractivity contribution in [1.29, 1.82) is 0 Å². The molecule has 0 aliphatic heterocycles. The first-order valence-electron chi connectivity index (χ1n) is 13.1. The van der Waals surface area contributed by atoms with Gasteiger partial charge in [0.1, 0.15) is 0 Å². The van der Waals surface area contributed by atoms with Gasteiger partial charge < -0.3 is 5.32 Å². The van der Waals surface area contributed by atoms with Gasteiger partial charge in [-0.2, -0.15) is 0 Å². The van der Waals surface area contributed by atoms with Crippen LogP contribution in [-0.4, -0.2) is 12.5 Å². The second kappa shape index (κ2) is 16.3. The van der Waals surface area contributed by atoms with E-state index in [4.69, 9.17) is 0 Å². The standard InChI is InChI=1S/C26H49NO/c28-26(25-21-17-13-9-5-2-6-10-14-18-22-25)27-23-24-19-15-11-7-3-1-4-8-12-16-20-24/h24-25H,1-23H2,(H,27,28). The summed E-state index contributed by atoms with van der Waals surface area (Å²) >= 11 is 0. The topological polar surface area (TPSA) is 29.1 Å². The number of amides is 1. The number of hydrogen-bond donors (Lipinski definition) is 1. The highest BCUT2D eigenvalue weighted by molar-refractivity contribution is 5.78. The van der Waals surface area contributed by atoms with E-state index in [9.17, 15) is 4.79 Å². The summed E-state index contributed by atoms with van der Waals surface area (Å²) in [7, 11) is 0. The lowest BCUT2D eigenvalue weighted by atomic mass is 9.91. The zero-order valence-corrected chi connectivity index (χ0v) is 18.8. The summed E-state index contributed by atoms with van der Waals surface area (Å²) in [5.74, 6) is 1.38. The van der Waals surface area contributed by atoms with Crippen LogP contribution in [0.1, 0.15) is 141 Å². The Morgan fingerprint density at radius 1 is 0.500 bits per heavy atom. The SMILES string of the molecule is O=C(NCC1CCCCCCCCCCC1)C1CCCCCCCCCCC1. The molecule has 2 nitrogen and oxygen atoms in total. The maximum Gasteiger partial charge on any atom is 0.223 e. The van der Waals surface area contributed by atoms with Crippen molar-refractivity contribution in [2.45, 2.75) is 141 Å². The first-order valence-corrected chi connectivity index (χ1v) is 13.1. The van der Waals surface area contributed by atoms with E-state index in [0.29, 0.717) is 5.91 Å². The van der Waals surface area contributed by atoms with E-state index in [2.05, 4.69) is 5.32 Å². The van der Waals surface area contributed by atoms with Crippen molar-refractivity contribution in [3.05, 3.63) is 0 Å². The van der Waals surface area contributed by atoms with E-state index in [-0.39, 0.29) is 5.92 Å². The minimum absolute atomic E-state index is 0.283. The Kier molecular flexibility index (Phi) is 13.8. The highest BCUT2D eigenvalue weighted by Crippen LogP contribution is 2.23.